The maximum Gasteiger partial charge on any atom is 0.418 e. The molecule has 0 aliphatic rings. The molecule has 2 aromatic heterocycles. The molecule has 2 N–H and O–H groups in total. The minimum absolute atomic E-state index is 0.000895. The summed E-state index contributed by atoms with van der Waals surface area (Å²) in [6.07, 6.45) is -3.04. The molecule has 0 bridgehead atoms. The molecular formula is C21H18F4N4O3S. The molecule has 2 heterocycles. The van der Waals surface area contributed by atoms with Gasteiger partial charge in [-0.25, -0.2) is 19.0 Å². The van der Waals surface area contributed by atoms with Gasteiger partial charge in [0.2, 0.25) is 11.8 Å². The Morgan fingerprint density at radius 2 is 1.88 bits per heavy atom. The first-order valence-corrected chi connectivity index (χ1v) is 11.3. The van der Waals surface area contributed by atoms with Crippen molar-refractivity contribution in [2.45, 2.75) is 24.9 Å². The van der Waals surface area contributed by atoms with Crippen LogP contribution < -0.4 is 10.1 Å². The van der Waals surface area contributed by atoms with Crippen LogP contribution >= 0.6 is 0 Å². The van der Waals surface area contributed by atoms with Crippen molar-refractivity contribution < 1.29 is 31.3 Å². The quantitative estimate of drug-likeness (QED) is 0.378. The lowest BCUT2D eigenvalue weighted by Crippen LogP contribution is -2.19. The number of carbonyl (C=O) groups is 1. The number of benzene rings is 1. The first-order chi connectivity index (χ1) is 15.3. The molecule has 0 radical (unpaired) electrons. The molecule has 33 heavy (non-hydrogen) atoms. The molecule has 1 atom stereocenters. The van der Waals surface area contributed by atoms with Crippen molar-refractivity contribution >= 4 is 21.3 Å². The fourth-order valence-corrected chi connectivity index (χ4v) is 3.64. The van der Waals surface area contributed by atoms with Gasteiger partial charge in [-0.3, -0.25) is 4.79 Å². The molecule has 0 aliphatic heterocycles. The highest BCUT2D eigenvalue weighted by Crippen LogP contribution is 2.37. The molecule has 0 saturated heterocycles. The number of carbonyl (C=O) groups excluding carboxylic acids is 1. The zero-order chi connectivity index (χ0) is 24.6. The van der Waals surface area contributed by atoms with Crippen LogP contribution in [0.5, 0.6) is 11.6 Å². The fourth-order valence-electron chi connectivity index (χ4n) is 2.95. The summed E-state index contributed by atoms with van der Waals surface area (Å²) in [5.74, 6) is -2.20. The van der Waals surface area contributed by atoms with Crippen molar-refractivity contribution in [3.63, 3.8) is 0 Å². The van der Waals surface area contributed by atoms with Gasteiger partial charge in [0.25, 0.3) is 5.91 Å². The maximum absolute atomic E-state index is 13.5. The summed E-state index contributed by atoms with van der Waals surface area (Å²) in [7, 11) is -3.09. The Morgan fingerprint density at radius 1 is 1.18 bits per heavy atom. The molecule has 3 rings (SSSR count). The Kier molecular flexibility index (Phi) is 6.41. The molecule has 0 fully saturated rings. The first kappa shape index (κ1) is 24.1. The number of anilines is 1. The van der Waals surface area contributed by atoms with E-state index in [1.807, 2.05) is 0 Å². The molecule has 0 spiro atoms. The van der Waals surface area contributed by atoms with Gasteiger partial charge >= 0.3 is 6.18 Å². The van der Waals surface area contributed by atoms with Crippen LogP contribution in [0.3, 0.4) is 0 Å². The highest BCUT2D eigenvalue weighted by molar-refractivity contribution is 7.91. The summed E-state index contributed by atoms with van der Waals surface area (Å²) in [6.45, 7) is 2.52. The summed E-state index contributed by atoms with van der Waals surface area (Å²) in [6, 6.07) is 7.80. The average Bonchev–Trinajstić information content (AvgIpc) is 2.68. The second-order valence-electron chi connectivity index (χ2n) is 7.12. The van der Waals surface area contributed by atoms with E-state index in [9.17, 15) is 26.6 Å². The van der Waals surface area contributed by atoms with Gasteiger partial charge in [0.15, 0.2) is 5.75 Å². The molecule has 174 valence electrons. The standard InChI is InChI=1S/C21H18F4N4O3S/c1-11-15(21(23,24)25)10-27-20(32-16-7-8-17(22)28-12(16)2)18(11)19(30)29-13-5-4-6-14(9-13)33(3,26)31/h4-10,26H,1-3H3,(H,29,30)/t33-/m1/s1. The average molecular weight is 482 g/mol. The van der Waals surface area contributed by atoms with Crippen LogP contribution in [0.1, 0.15) is 27.2 Å². The molecule has 0 aliphatic carbocycles. The van der Waals surface area contributed by atoms with Gasteiger partial charge in [0.05, 0.1) is 21.0 Å². The van der Waals surface area contributed by atoms with Crippen molar-refractivity contribution in [1.29, 1.82) is 4.78 Å². The number of aromatic nitrogens is 2. The lowest BCUT2D eigenvalue weighted by atomic mass is 10.0. The third kappa shape index (κ3) is 5.45. The van der Waals surface area contributed by atoms with Crippen LogP contribution in [0.2, 0.25) is 0 Å². The highest BCUT2D eigenvalue weighted by atomic mass is 32.2. The van der Waals surface area contributed by atoms with E-state index in [2.05, 4.69) is 15.3 Å². The normalized spacial score (nSPS) is 13.3. The van der Waals surface area contributed by atoms with Crippen LogP contribution in [0.4, 0.5) is 23.2 Å². The number of halogens is 4. The zero-order valence-corrected chi connectivity index (χ0v) is 18.4. The Balaban J connectivity index is 2.08. The lowest BCUT2D eigenvalue weighted by Gasteiger charge is -2.17. The number of amides is 1. The number of hydrogen-bond donors (Lipinski definition) is 2. The predicted molar refractivity (Wildman–Crippen MR) is 112 cm³/mol. The molecule has 1 aromatic carbocycles. The van der Waals surface area contributed by atoms with E-state index in [0.29, 0.717) is 6.20 Å². The Morgan fingerprint density at radius 3 is 2.48 bits per heavy atom. The van der Waals surface area contributed by atoms with Gasteiger partial charge in [-0.1, -0.05) is 6.07 Å². The van der Waals surface area contributed by atoms with Gasteiger partial charge in [-0.2, -0.15) is 17.6 Å². The van der Waals surface area contributed by atoms with Gasteiger partial charge < -0.3 is 10.1 Å². The van der Waals surface area contributed by atoms with Crippen LogP contribution in [0.25, 0.3) is 0 Å². The minimum atomic E-state index is -4.78. The largest absolute Gasteiger partial charge is 0.436 e. The van der Waals surface area contributed by atoms with Gasteiger partial charge in [-0.05, 0) is 49.7 Å². The van der Waals surface area contributed by atoms with Crippen molar-refractivity contribution in [3.05, 3.63) is 70.9 Å². The number of ether oxygens (including phenoxy) is 1. The Labute approximate surface area is 186 Å². The van der Waals surface area contributed by atoms with Gasteiger partial charge in [0, 0.05) is 23.0 Å². The Hall–Kier alpha value is -3.54. The van der Waals surface area contributed by atoms with Crippen molar-refractivity contribution in [3.8, 4) is 11.6 Å². The third-order valence-electron chi connectivity index (χ3n) is 4.59. The van der Waals surface area contributed by atoms with Crippen molar-refractivity contribution in [2.75, 3.05) is 11.6 Å². The minimum Gasteiger partial charge on any atom is -0.436 e. The summed E-state index contributed by atoms with van der Waals surface area (Å²) in [5.41, 5.74) is -1.86. The van der Waals surface area contributed by atoms with Crippen LogP contribution in [-0.2, 0) is 15.9 Å². The zero-order valence-electron chi connectivity index (χ0n) is 17.6. The number of pyridine rings is 2. The van der Waals surface area contributed by atoms with E-state index in [1.54, 1.807) is 0 Å². The molecule has 7 nitrogen and oxygen atoms in total. The molecule has 1 amide bonds. The molecule has 3 aromatic rings. The highest BCUT2D eigenvalue weighted by Gasteiger charge is 2.36. The van der Waals surface area contributed by atoms with Crippen LogP contribution in [0.15, 0.2) is 47.5 Å². The summed E-state index contributed by atoms with van der Waals surface area (Å²) in [5, 5.41) is 2.43. The maximum atomic E-state index is 13.5. The molecule has 0 unspecified atom stereocenters. The number of nitrogens with one attached hydrogen (secondary N) is 2. The first-order valence-electron chi connectivity index (χ1n) is 9.30. The van der Waals surface area contributed by atoms with Crippen molar-refractivity contribution in [2.24, 2.45) is 0 Å². The van der Waals surface area contributed by atoms with Crippen LogP contribution in [0, 0.1) is 24.6 Å². The van der Waals surface area contributed by atoms with E-state index in [4.69, 9.17) is 9.52 Å². The summed E-state index contributed by atoms with van der Waals surface area (Å²) in [4.78, 5) is 20.4. The van der Waals surface area contributed by atoms with E-state index in [0.717, 1.165) is 13.0 Å². The molecular weight excluding hydrogens is 464 g/mol. The smallest absolute Gasteiger partial charge is 0.418 e. The van der Waals surface area contributed by atoms with Crippen molar-refractivity contribution in [1.82, 2.24) is 9.97 Å². The number of nitrogens with zero attached hydrogens (tertiary/aromatic N) is 2. The number of alkyl halides is 3. The fraction of sp³-hybridized carbons (Fsp3) is 0.190. The van der Waals surface area contributed by atoms with Gasteiger partial charge in [0.1, 0.15) is 5.56 Å². The number of aryl methyl sites for hydroxylation is 1. The Bertz CT molecular complexity index is 1340. The second kappa shape index (κ2) is 8.77. The van der Waals surface area contributed by atoms with E-state index < -0.39 is 50.3 Å². The summed E-state index contributed by atoms with van der Waals surface area (Å²) < 4.78 is 78.8. The second-order valence-corrected chi connectivity index (χ2v) is 9.28. The molecule has 0 saturated carbocycles. The monoisotopic (exact) mass is 482 g/mol. The SMILES string of the molecule is Cc1nc(F)ccc1Oc1ncc(C(F)(F)F)c(C)c1C(=O)Nc1cccc([S@](C)(=N)=O)c1. The van der Waals surface area contributed by atoms with E-state index in [-0.39, 0.29) is 22.0 Å². The predicted octanol–water partition coefficient (Wildman–Crippen LogP) is 5.33. The topological polar surface area (TPSA) is 105 Å². The number of rotatable bonds is 5. The van der Waals surface area contributed by atoms with Gasteiger partial charge in [-0.15, -0.1) is 0 Å². The van der Waals surface area contributed by atoms with Crippen LogP contribution in [-0.4, -0.2) is 26.3 Å². The van der Waals surface area contributed by atoms with E-state index in [1.165, 1.54) is 43.5 Å². The summed E-state index contributed by atoms with van der Waals surface area (Å²) >= 11 is 0. The van der Waals surface area contributed by atoms with E-state index >= 15 is 0 Å². The number of hydrogen-bond acceptors (Lipinski definition) is 6. The third-order valence-corrected chi connectivity index (χ3v) is 5.74. The lowest BCUT2D eigenvalue weighted by molar-refractivity contribution is -0.138. The molecule has 12 heteroatoms.